The van der Waals surface area contributed by atoms with E-state index in [0.717, 1.165) is 0 Å². The molecule has 6 amide bonds. The van der Waals surface area contributed by atoms with Gasteiger partial charge >= 0.3 is 11.8 Å². The molecule has 4 heterocycles. The molecule has 2 unspecified atom stereocenters. The van der Waals surface area contributed by atoms with Crippen LogP contribution in [-0.4, -0.2) is 140 Å². The summed E-state index contributed by atoms with van der Waals surface area (Å²) >= 11 is 0. The fourth-order valence-corrected chi connectivity index (χ4v) is 6.25. The number of hydrogen-bond donors (Lipinski definition) is 0. The largest absolute Gasteiger partial charge is 0.625 e. The number of carbonyl (C=O) groups is 6. The zero-order valence-corrected chi connectivity index (χ0v) is 31.9. The number of nitrogens with zero attached hydrogens (tertiary/aromatic N) is 8. The molecular weight excluding hydrogens is 704 g/mol. The van der Waals surface area contributed by atoms with Gasteiger partial charge in [0.05, 0.1) is 62.8 Å². The first-order valence-corrected chi connectivity index (χ1v) is 17.8. The Kier molecular flexibility index (Phi) is 13.8. The molecule has 2 aliphatic heterocycles. The van der Waals surface area contributed by atoms with Crippen LogP contribution in [0.15, 0.2) is 24.3 Å². The summed E-state index contributed by atoms with van der Waals surface area (Å²) in [5, 5.41) is 27.4. The third kappa shape index (κ3) is 11.2. The lowest BCUT2D eigenvalue weighted by molar-refractivity contribution is -0.817. The van der Waals surface area contributed by atoms with Gasteiger partial charge in [0.2, 0.25) is 23.6 Å². The highest BCUT2D eigenvalue weighted by atomic mass is 16.6. The van der Waals surface area contributed by atoms with Gasteiger partial charge in [-0.25, -0.2) is 19.6 Å². The third-order valence-electron chi connectivity index (χ3n) is 9.64. The van der Waals surface area contributed by atoms with Gasteiger partial charge in [0.15, 0.2) is 0 Å². The first kappa shape index (κ1) is 41.7. The predicted octanol–water partition coefficient (Wildman–Crippen LogP) is 1.08. The first-order valence-electron chi connectivity index (χ1n) is 17.8. The van der Waals surface area contributed by atoms with E-state index in [1.807, 2.05) is 0 Å². The van der Waals surface area contributed by atoms with Gasteiger partial charge in [0.25, 0.3) is 0 Å². The zero-order chi connectivity index (χ0) is 39.8. The number of amides is 6. The Hall–Kier alpha value is -5.04. The molecule has 294 valence electrons. The molecule has 0 radical (unpaired) electrons. The van der Waals surface area contributed by atoms with Crippen LogP contribution in [0.25, 0.3) is 0 Å². The van der Waals surface area contributed by atoms with Gasteiger partial charge in [-0.2, -0.15) is 0 Å². The van der Waals surface area contributed by atoms with E-state index < -0.39 is 21.1 Å². The molecule has 0 aliphatic carbocycles. The summed E-state index contributed by atoms with van der Waals surface area (Å²) in [6, 6.07) is 6.36. The van der Waals surface area contributed by atoms with Crippen LogP contribution in [0.5, 0.6) is 11.5 Å². The summed E-state index contributed by atoms with van der Waals surface area (Å²) in [6.07, 6.45) is 0. The standard InChI is InChI=1S/C36H50N8O10/c1-25(45)39-7-9-41(27(3)47)21-31-17-35(19-33(37-31)23-43(51,13-11-39)29(5)49)53-15-16-54-36-18-32-22-42(28(4)48)10-8-40(26(2)46)12-14-44(52,30(6)50)24-34(20-36)38-32/h17-20H,7-16,21-24H2,1-6H3. The summed E-state index contributed by atoms with van der Waals surface area (Å²) in [4.78, 5) is 89.9. The van der Waals surface area contributed by atoms with E-state index in [4.69, 9.17) is 9.47 Å². The molecule has 0 fully saturated rings. The fourth-order valence-electron chi connectivity index (χ4n) is 6.25. The van der Waals surface area contributed by atoms with E-state index >= 15 is 0 Å². The molecule has 4 rings (SSSR count). The number of carbonyl (C=O) groups excluding carboxylic acids is 6. The summed E-state index contributed by atoms with van der Waals surface area (Å²) in [5.41, 5.74) is 1.39. The predicted molar refractivity (Wildman–Crippen MR) is 192 cm³/mol. The molecule has 0 spiro atoms. The maximum absolute atomic E-state index is 13.7. The zero-order valence-electron chi connectivity index (χ0n) is 31.9. The minimum Gasteiger partial charge on any atom is -0.625 e. The lowest BCUT2D eigenvalue weighted by atomic mass is 10.2. The number of hydrogen-bond acceptors (Lipinski definition) is 12. The van der Waals surface area contributed by atoms with Crippen LogP contribution in [-0.2, 0) is 54.9 Å². The van der Waals surface area contributed by atoms with Crippen molar-refractivity contribution in [2.24, 2.45) is 0 Å². The first-order chi connectivity index (χ1) is 25.4. The van der Waals surface area contributed by atoms with E-state index in [2.05, 4.69) is 9.97 Å². The number of aromatic nitrogens is 2. The Balaban J connectivity index is 1.56. The molecule has 54 heavy (non-hydrogen) atoms. The van der Waals surface area contributed by atoms with Crippen molar-refractivity contribution >= 4 is 35.4 Å². The van der Waals surface area contributed by atoms with Crippen LogP contribution < -0.4 is 9.47 Å². The highest BCUT2D eigenvalue weighted by Crippen LogP contribution is 2.23. The summed E-state index contributed by atoms with van der Waals surface area (Å²) in [7, 11) is 0. The van der Waals surface area contributed by atoms with E-state index in [1.54, 1.807) is 24.3 Å². The molecule has 4 bridgehead atoms. The molecule has 18 heteroatoms. The van der Waals surface area contributed by atoms with Crippen molar-refractivity contribution in [1.29, 1.82) is 0 Å². The van der Waals surface area contributed by atoms with Crippen molar-refractivity contribution in [2.75, 3.05) is 65.6 Å². The second-order valence-corrected chi connectivity index (χ2v) is 13.7. The number of rotatable bonds is 5. The maximum Gasteiger partial charge on any atom is 0.310 e. The molecule has 0 saturated carbocycles. The Morgan fingerprint density at radius 1 is 0.537 bits per heavy atom. The summed E-state index contributed by atoms with van der Waals surface area (Å²) in [6.45, 7) is 7.96. The molecule has 18 nitrogen and oxygen atoms in total. The number of ether oxygens (including phenoxy) is 2. The Morgan fingerprint density at radius 2 is 0.852 bits per heavy atom. The van der Waals surface area contributed by atoms with Crippen molar-refractivity contribution in [2.45, 2.75) is 67.7 Å². The van der Waals surface area contributed by atoms with E-state index in [0.29, 0.717) is 22.9 Å². The highest BCUT2D eigenvalue weighted by molar-refractivity contribution is 5.75. The molecule has 2 atom stereocenters. The van der Waals surface area contributed by atoms with E-state index in [-0.39, 0.29) is 127 Å². The molecule has 2 aromatic heterocycles. The lowest BCUT2D eigenvalue weighted by Crippen LogP contribution is -2.51. The minimum absolute atomic E-state index is 0.0133. The van der Waals surface area contributed by atoms with Crippen molar-refractivity contribution in [1.82, 2.24) is 29.6 Å². The van der Waals surface area contributed by atoms with Crippen molar-refractivity contribution in [3.05, 3.63) is 57.5 Å². The van der Waals surface area contributed by atoms with Crippen molar-refractivity contribution in [3.63, 3.8) is 0 Å². The smallest absolute Gasteiger partial charge is 0.310 e. The van der Waals surface area contributed by atoms with Crippen molar-refractivity contribution in [3.8, 4) is 11.5 Å². The van der Waals surface area contributed by atoms with Crippen LogP contribution in [0, 0.1) is 10.4 Å². The molecule has 2 aliphatic rings. The number of hydroxylamine groups is 6. The molecule has 0 N–H and O–H groups in total. The Bertz CT molecular complexity index is 1630. The number of fused-ring (bicyclic) bond motifs is 4. The average Bonchev–Trinajstić information content (AvgIpc) is 3.07. The highest BCUT2D eigenvalue weighted by Gasteiger charge is 2.30. The normalized spacial score (nSPS) is 21.4. The fraction of sp³-hybridized carbons (Fsp3) is 0.556. The van der Waals surface area contributed by atoms with Gasteiger partial charge in [-0.15, -0.1) is 0 Å². The third-order valence-corrected chi connectivity index (χ3v) is 9.64. The molecular formula is C36H50N8O10. The minimum atomic E-state index is -1.24. The second-order valence-electron chi connectivity index (χ2n) is 13.7. The lowest BCUT2D eigenvalue weighted by Gasteiger charge is -2.40. The number of quaternary nitrogens is 2. The van der Waals surface area contributed by atoms with Gasteiger partial charge in [-0.05, 0) is 0 Å². The topological polar surface area (TPSA) is 206 Å². The van der Waals surface area contributed by atoms with Crippen LogP contribution in [0.1, 0.15) is 64.3 Å². The van der Waals surface area contributed by atoms with E-state index in [1.165, 1.54) is 61.1 Å². The van der Waals surface area contributed by atoms with Crippen LogP contribution >= 0.6 is 0 Å². The van der Waals surface area contributed by atoms with Gasteiger partial charge in [-0.3, -0.25) is 28.5 Å². The van der Waals surface area contributed by atoms with Crippen molar-refractivity contribution < 1.29 is 47.5 Å². The van der Waals surface area contributed by atoms with Crippen LogP contribution in [0.2, 0.25) is 0 Å². The van der Waals surface area contributed by atoms with Gasteiger partial charge in [0.1, 0.15) is 50.9 Å². The van der Waals surface area contributed by atoms with Gasteiger partial charge < -0.3 is 39.5 Å². The SMILES string of the molecule is CC(=O)N1CCN(C(C)=O)Cc2cc(OCCOc3cc4nc(c3)C[N+]([O-])(C(C)=O)CCN(C(C)=O)CCN(C(C)=O)C4)cc(n2)C[N+]([O-])(C(C)=O)CC1. The Labute approximate surface area is 314 Å². The average molecular weight is 755 g/mol. The molecule has 2 aromatic rings. The van der Waals surface area contributed by atoms with E-state index in [9.17, 15) is 39.2 Å². The quantitative estimate of drug-likeness (QED) is 0.239. The Morgan fingerprint density at radius 3 is 1.17 bits per heavy atom. The molecule has 0 aromatic carbocycles. The summed E-state index contributed by atoms with van der Waals surface area (Å²) in [5.74, 6) is -1.62. The van der Waals surface area contributed by atoms with Crippen LogP contribution in [0.3, 0.4) is 0 Å². The summed E-state index contributed by atoms with van der Waals surface area (Å²) < 4.78 is 9.56. The second kappa shape index (κ2) is 17.9. The van der Waals surface area contributed by atoms with Gasteiger partial charge in [-0.1, -0.05) is 0 Å². The van der Waals surface area contributed by atoms with Gasteiger partial charge in [0, 0.05) is 78.1 Å². The maximum atomic E-state index is 13.7. The molecule has 0 saturated heterocycles. The number of pyridine rings is 2. The van der Waals surface area contributed by atoms with Crippen LogP contribution in [0.4, 0.5) is 0 Å². The monoisotopic (exact) mass is 754 g/mol.